The van der Waals surface area contributed by atoms with Crippen molar-refractivity contribution < 1.29 is 9.21 Å². The van der Waals surface area contributed by atoms with Crippen molar-refractivity contribution in [2.24, 2.45) is 0 Å². The second-order valence-electron chi connectivity index (χ2n) is 8.93. The van der Waals surface area contributed by atoms with Crippen molar-refractivity contribution in [3.8, 4) is 28.1 Å². The van der Waals surface area contributed by atoms with Crippen LogP contribution >= 0.6 is 0 Å². The van der Waals surface area contributed by atoms with Gasteiger partial charge in [-0.05, 0) is 55.8 Å². The molecule has 0 aliphatic heterocycles. The van der Waals surface area contributed by atoms with Gasteiger partial charge in [-0.25, -0.2) is 9.48 Å². The SMILES string of the molecule is CCN(CC)c1cc2oc(=O)c(-n3cc(-c4ccc(NC(C)=O)cc4)nn3)cc2cc1-c1ccc(N)cc1. The molecule has 0 saturated heterocycles. The van der Waals surface area contributed by atoms with Gasteiger partial charge in [-0.3, -0.25) is 4.79 Å². The Bertz CT molecular complexity index is 1670. The summed E-state index contributed by atoms with van der Waals surface area (Å²) in [7, 11) is 0. The number of amides is 1. The van der Waals surface area contributed by atoms with Crippen LogP contribution in [0.5, 0.6) is 0 Å². The van der Waals surface area contributed by atoms with E-state index in [-0.39, 0.29) is 11.6 Å². The second kappa shape index (κ2) is 10.2. The van der Waals surface area contributed by atoms with E-state index in [0.717, 1.165) is 40.9 Å². The van der Waals surface area contributed by atoms with E-state index < -0.39 is 5.63 Å². The molecule has 0 aliphatic rings. The number of hydrogen-bond acceptors (Lipinski definition) is 7. The van der Waals surface area contributed by atoms with Crippen LogP contribution in [-0.2, 0) is 4.79 Å². The average molecular weight is 509 g/mol. The summed E-state index contributed by atoms with van der Waals surface area (Å²) in [5, 5.41) is 11.9. The van der Waals surface area contributed by atoms with Crippen molar-refractivity contribution >= 4 is 33.9 Å². The summed E-state index contributed by atoms with van der Waals surface area (Å²) < 4.78 is 7.19. The molecule has 0 spiro atoms. The lowest BCUT2D eigenvalue weighted by Crippen LogP contribution is -2.22. The van der Waals surface area contributed by atoms with Gasteiger partial charge in [0, 0.05) is 59.7 Å². The van der Waals surface area contributed by atoms with Crippen LogP contribution in [0.25, 0.3) is 39.0 Å². The molecule has 0 saturated carbocycles. The first-order chi connectivity index (χ1) is 18.4. The molecule has 1 amide bonds. The minimum atomic E-state index is -0.513. The largest absolute Gasteiger partial charge is 0.421 e. The molecule has 2 heterocycles. The molecule has 192 valence electrons. The second-order valence-corrected chi connectivity index (χ2v) is 8.93. The number of benzene rings is 3. The summed E-state index contributed by atoms with van der Waals surface area (Å²) in [6, 6.07) is 20.7. The zero-order valence-electron chi connectivity index (χ0n) is 21.4. The van der Waals surface area contributed by atoms with E-state index in [1.54, 1.807) is 24.4 Å². The van der Waals surface area contributed by atoms with Gasteiger partial charge in [-0.1, -0.05) is 29.5 Å². The van der Waals surface area contributed by atoms with Crippen LogP contribution in [0.4, 0.5) is 17.1 Å². The van der Waals surface area contributed by atoms with Gasteiger partial charge in [0.05, 0.1) is 6.20 Å². The average Bonchev–Trinajstić information content (AvgIpc) is 3.39. The Labute approximate surface area is 219 Å². The third kappa shape index (κ3) is 4.86. The van der Waals surface area contributed by atoms with E-state index in [4.69, 9.17) is 10.2 Å². The smallest absolute Gasteiger partial charge is 0.362 e. The third-order valence-electron chi connectivity index (χ3n) is 6.40. The normalized spacial score (nSPS) is 11.0. The summed E-state index contributed by atoms with van der Waals surface area (Å²) in [5.74, 6) is -0.143. The molecule has 0 aliphatic carbocycles. The lowest BCUT2D eigenvalue weighted by Gasteiger charge is -2.25. The van der Waals surface area contributed by atoms with Crippen molar-refractivity contribution in [2.45, 2.75) is 20.8 Å². The molecular weight excluding hydrogens is 480 g/mol. The first kappa shape index (κ1) is 24.8. The van der Waals surface area contributed by atoms with Gasteiger partial charge in [0.2, 0.25) is 5.91 Å². The number of rotatable bonds is 7. The summed E-state index contributed by atoms with van der Waals surface area (Å²) >= 11 is 0. The van der Waals surface area contributed by atoms with E-state index in [2.05, 4.69) is 34.4 Å². The molecule has 3 N–H and O–H groups in total. The molecule has 5 rings (SSSR count). The number of nitrogens with zero attached hydrogens (tertiary/aromatic N) is 4. The highest BCUT2D eigenvalue weighted by molar-refractivity contribution is 5.93. The Morgan fingerprint density at radius 1 is 1.00 bits per heavy atom. The number of anilines is 3. The molecule has 9 heteroatoms. The molecule has 0 radical (unpaired) electrons. The van der Waals surface area contributed by atoms with Crippen LogP contribution in [-0.4, -0.2) is 34.0 Å². The first-order valence-electron chi connectivity index (χ1n) is 12.4. The van der Waals surface area contributed by atoms with Crippen LogP contribution in [0.15, 0.2) is 82.1 Å². The quantitative estimate of drug-likeness (QED) is 0.232. The maximum Gasteiger partial charge on any atom is 0.362 e. The maximum absolute atomic E-state index is 13.0. The van der Waals surface area contributed by atoms with Crippen molar-refractivity contribution in [1.29, 1.82) is 0 Å². The van der Waals surface area contributed by atoms with Gasteiger partial charge < -0.3 is 20.4 Å². The number of fused-ring (bicyclic) bond motifs is 1. The summed E-state index contributed by atoms with van der Waals surface area (Å²) in [5.41, 5.74) is 11.9. The number of nitrogens with one attached hydrogen (secondary N) is 1. The number of nitrogens with two attached hydrogens (primary N) is 1. The predicted molar refractivity (Wildman–Crippen MR) is 151 cm³/mol. The van der Waals surface area contributed by atoms with Crippen LogP contribution in [0, 0.1) is 0 Å². The monoisotopic (exact) mass is 508 g/mol. The van der Waals surface area contributed by atoms with Crippen LogP contribution < -0.4 is 21.6 Å². The molecule has 38 heavy (non-hydrogen) atoms. The predicted octanol–water partition coefficient (Wildman–Crippen LogP) is 5.09. The maximum atomic E-state index is 13.0. The van der Waals surface area contributed by atoms with Crippen molar-refractivity contribution in [3.05, 3.63) is 83.3 Å². The number of carbonyl (C=O) groups excluding carboxylic acids is 1. The lowest BCUT2D eigenvalue weighted by molar-refractivity contribution is -0.114. The Morgan fingerprint density at radius 3 is 2.34 bits per heavy atom. The third-order valence-corrected chi connectivity index (χ3v) is 6.40. The summed E-state index contributed by atoms with van der Waals surface area (Å²) in [4.78, 5) is 26.5. The van der Waals surface area contributed by atoms with Gasteiger partial charge in [0.1, 0.15) is 11.3 Å². The van der Waals surface area contributed by atoms with Crippen LogP contribution in [0.1, 0.15) is 20.8 Å². The fourth-order valence-electron chi connectivity index (χ4n) is 4.47. The number of aromatic nitrogens is 3. The van der Waals surface area contributed by atoms with Crippen molar-refractivity contribution in [3.63, 3.8) is 0 Å². The van der Waals surface area contributed by atoms with Crippen LogP contribution in [0.3, 0.4) is 0 Å². The van der Waals surface area contributed by atoms with Crippen LogP contribution in [0.2, 0.25) is 0 Å². The molecular formula is C29H28N6O3. The molecule has 3 aromatic carbocycles. The molecule has 0 atom stereocenters. The fourth-order valence-corrected chi connectivity index (χ4v) is 4.47. The highest BCUT2D eigenvalue weighted by Crippen LogP contribution is 2.35. The Kier molecular flexibility index (Phi) is 6.66. The molecule has 0 fully saturated rings. The van der Waals surface area contributed by atoms with Gasteiger partial charge in [-0.15, -0.1) is 5.10 Å². The lowest BCUT2D eigenvalue weighted by atomic mass is 10.00. The van der Waals surface area contributed by atoms with E-state index in [0.29, 0.717) is 22.7 Å². The first-order valence-corrected chi connectivity index (χ1v) is 12.4. The van der Waals surface area contributed by atoms with Crippen molar-refractivity contribution in [2.75, 3.05) is 29.0 Å². The molecule has 5 aromatic rings. The number of nitrogen functional groups attached to an aromatic ring is 1. The number of hydrogen-bond donors (Lipinski definition) is 2. The fraction of sp³-hybridized carbons (Fsp3) is 0.172. The Balaban J connectivity index is 1.57. The minimum Gasteiger partial charge on any atom is -0.421 e. The standard InChI is InChI=1S/C29H28N6O3/c1-4-34(5-2)26-16-28-21(14-24(26)19-6-10-22(30)11-7-19)15-27(29(37)38-28)35-17-25(32-33-35)20-8-12-23(13-9-20)31-18(3)36/h6-17H,4-5,30H2,1-3H3,(H,31,36). The highest BCUT2D eigenvalue weighted by Gasteiger charge is 2.17. The highest BCUT2D eigenvalue weighted by atomic mass is 16.4. The van der Waals surface area contributed by atoms with Gasteiger partial charge >= 0.3 is 5.63 Å². The van der Waals surface area contributed by atoms with Gasteiger partial charge in [0.15, 0.2) is 5.69 Å². The molecule has 0 bridgehead atoms. The van der Waals surface area contributed by atoms with E-state index in [1.807, 2.05) is 48.5 Å². The molecule has 9 nitrogen and oxygen atoms in total. The molecule has 2 aromatic heterocycles. The van der Waals surface area contributed by atoms with E-state index in [1.165, 1.54) is 11.6 Å². The molecule has 0 unspecified atom stereocenters. The van der Waals surface area contributed by atoms with E-state index in [9.17, 15) is 9.59 Å². The summed E-state index contributed by atoms with van der Waals surface area (Å²) in [6.45, 7) is 7.25. The topological polar surface area (TPSA) is 119 Å². The Morgan fingerprint density at radius 2 is 1.68 bits per heavy atom. The van der Waals surface area contributed by atoms with Gasteiger partial charge in [0.25, 0.3) is 0 Å². The summed E-state index contributed by atoms with van der Waals surface area (Å²) in [6.07, 6.45) is 1.68. The minimum absolute atomic E-state index is 0.143. The number of carbonyl (C=O) groups is 1. The van der Waals surface area contributed by atoms with Crippen molar-refractivity contribution in [1.82, 2.24) is 15.0 Å². The zero-order valence-corrected chi connectivity index (χ0v) is 21.4. The van der Waals surface area contributed by atoms with Gasteiger partial charge in [-0.2, -0.15) is 0 Å². The zero-order chi connectivity index (χ0) is 26.8. The Hall–Kier alpha value is -4.92. The van der Waals surface area contributed by atoms with E-state index >= 15 is 0 Å².